The van der Waals surface area contributed by atoms with E-state index in [0.29, 0.717) is 11.5 Å². The van der Waals surface area contributed by atoms with Crippen LogP contribution >= 0.6 is 0 Å². The van der Waals surface area contributed by atoms with Crippen molar-refractivity contribution in [3.8, 4) is 0 Å². The van der Waals surface area contributed by atoms with Crippen LogP contribution in [0, 0.1) is 0 Å². The van der Waals surface area contributed by atoms with Crippen LogP contribution < -0.4 is 5.32 Å². The van der Waals surface area contributed by atoms with E-state index in [1.807, 2.05) is 0 Å². The molecule has 2 N–H and O–H groups in total. The quantitative estimate of drug-likeness (QED) is 0.796. The molecular formula is C11H17FN2O2. The van der Waals surface area contributed by atoms with E-state index in [0.717, 1.165) is 26.2 Å². The van der Waals surface area contributed by atoms with Gasteiger partial charge in [-0.1, -0.05) is 0 Å². The second kappa shape index (κ2) is 5.43. The van der Waals surface area contributed by atoms with E-state index in [-0.39, 0.29) is 12.6 Å². The summed E-state index contributed by atoms with van der Waals surface area (Å²) < 4.78 is 18.4. The summed E-state index contributed by atoms with van der Waals surface area (Å²) in [5, 5.41) is 12.1. The number of hydrogen-bond acceptors (Lipinski definition) is 4. The van der Waals surface area contributed by atoms with Gasteiger partial charge in [0, 0.05) is 26.2 Å². The molecule has 1 saturated heterocycles. The molecule has 0 amide bonds. The number of nitrogens with one attached hydrogen (secondary N) is 1. The molecule has 1 fully saturated rings. The van der Waals surface area contributed by atoms with E-state index in [4.69, 9.17) is 9.52 Å². The Morgan fingerprint density at radius 2 is 2.19 bits per heavy atom. The Labute approximate surface area is 94.0 Å². The molecule has 0 saturated carbocycles. The van der Waals surface area contributed by atoms with Crippen LogP contribution in [0.15, 0.2) is 16.5 Å². The fraction of sp³-hybridized carbons (Fsp3) is 0.636. The summed E-state index contributed by atoms with van der Waals surface area (Å²) in [6.45, 7) is 2.81. The Morgan fingerprint density at radius 1 is 1.44 bits per heavy atom. The van der Waals surface area contributed by atoms with Crippen molar-refractivity contribution in [2.45, 2.75) is 12.6 Å². The van der Waals surface area contributed by atoms with Crippen LogP contribution in [-0.2, 0) is 6.61 Å². The van der Waals surface area contributed by atoms with Crippen LogP contribution in [0.3, 0.4) is 0 Å². The van der Waals surface area contributed by atoms with Crippen molar-refractivity contribution in [2.75, 3.05) is 32.9 Å². The van der Waals surface area contributed by atoms with Crippen molar-refractivity contribution in [3.63, 3.8) is 0 Å². The monoisotopic (exact) mass is 228 g/mol. The molecule has 1 atom stereocenters. The standard InChI is InChI=1S/C11H17FN2O2/c12-7-10(14-5-3-13-4-6-14)11-2-1-9(8-15)16-11/h1-2,10,13,15H,3-8H2/t10-/m0/s1. The van der Waals surface area contributed by atoms with Gasteiger partial charge in [-0.05, 0) is 12.1 Å². The molecule has 1 aromatic heterocycles. The average molecular weight is 228 g/mol. The number of aliphatic hydroxyl groups excluding tert-OH is 1. The largest absolute Gasteiger partial charge is 0.462 e. The zero-order valence-electron chi connectivity index (χ0n) is 9.16. The SMILES string of the molecule is OCc1ccc([C@H](CF)N2CCNCC2)o1. The third-order valence-electron chi connectivity index (χ3n) is 2.91. The fourth-order valence-corrected chi connectivity index (χ4v) is 2.01. The van der Waals surface area contributed by atoms with Gasteiger partial charge in [0.25, 0.3) is 0 Å². The second-order valence-electron chi connectivity index (χ2n) is 3.92. The van der Waals surface area contributed by atoms with E-state index < -0.39 is 6.67 Å². The highest BCUT2D eigenvalue weighted by Crippen LogP contribution is 2.23. The van der Waals surface area contributed by atoms with Gasteiger partial charge < -0.3 is 14.8 Å². The lowest BCUT2D eigenvalue weighted by molar-refractivity contribution is 0.125. The Morgan fingerprint density at radius 3 is 2.75 bits per heavy atom. The van der Waals surface area contributed by atoms with Crippen LogP contribution in [0.5, 0.6) is 0 Å². The molecular weight excluding hydrogens is 211 g/mol. The molecule has 5 heteroatoms. The maximum atomic E-state index is 13.1. The summed E-state index contributed by atoms with van der Waals surface area (Å²) in [4.78, 5) is 2.07. The molecule has 4 nitrogen and oxygen atoms in total. The number of nitrogens with zero attached hydrogens (tertiary/aromatic N) is 1. The third-order valence-corrected chi connectivity index (χ3v) is 2.91. The van der Waals surface area contributed by atoms with Gasteiger partial charge in [0.05, 0.1) is 6.04 Å². The van der Waals surface area contributed by atoms with Gasteiger partial charge in [-0.15, -0.1) is 0 Å². The first-order valence-electron chi connectivity index (χ1n) is 5.55. The Bertz CT molecular complexity index is 324. The van der Waals surface area contributed by atoms with Crippen molar-refractivity contribution >= 4 is 0 Å². The molecule has 0 aliphatic carbocycles. The number of furan rings is 1. The second-order valence-corrected chi connectivity index (χ2v) is 3.92. The molecule has 1 aromatic rings. The van der Waals surface area contributed by atoms with Gasteiger partial charge in [-0.25, -0.2) is 4.39 Å². The molecule has 0 radical (unpaired) electrons. The lowest BCUT2D eigenvalue weighted by Gasteiger charge is -2.32. The predicted molar refractivity (Wildman–Crippen MR) is 57.8 cm³/mol. The van der Waals surface area contributed by atoms with Gasteiger partial charge in [0.15, 0.2) is 0 Å². The maximum absolute atomic E-state index is 13.1. The van der Waals surface area contributed by atoms with Crippen LogP contribution in [0.2, 0.25) is 0 Å². The third kappa shape index (κ3) is 2.42. The maximum Gasteiger partial charge on any atom is 0.129 e. The summed E-state index contributed by atoms with van der Waals surface area (Å²) in [7, 11) is 0. The van der Waals surface area contributed by atoms with Crippen molar-refractivity contribution < 1.29 is 13.9 Å². The normalized spacial score (nSPS) is 19.9. The predicted octanol–water partition coefficient (Wildman–Crippen LogP) is 0.688. The van der Waals surface area contributed by atoms with E-state index >= 15 is 0 Å². The van der Waals surface area contributed by atoms with Crippen LogP contribution in [-0.4, -0.2) is 42.9 Å². The van der Waals surface area contributed by atoms with Crippen molar-refractivity contribution in [2.24, 2.45) is 0 Å². The fourth-order valence-electron chi connectivity index (χ4n) is 2.01. The highest BCUT2D eigenvalue weighted by Gasteiger charge is 2.24. The molecule has 0 unspecified atom stereocenters. The smallest absolute Gasteiger partial charge is 0.129 e. The zero-order chi connectivity index (χ0) is 11.4. The highest BCUT2D eigenvalue weighted by molar-refractivity contribution is 5.11. The first kappa shape index (κ1) is 11.6. The molecule has 16 heavy (non-hydrogen) atoms. The lowest BCUT2D eigenvalue weighted by Crippen LogP contribution is -2.45. The lowest BCUT2D eigenvalue weighted by atomic mass is 10.2. The molecule has 2 heterocycles. The molecule has 2 rings (SSSR count). The summed E-state index contributed by atoms with van der Waals surface area (Å²) in [5.41, 5.74) is 0. The van der Waals surface area contributed by atoms with Gasteiger partial charge >= 0.3 is 0 Å². The van der Waals surface area contributed by atoms with Crippen molar-refractivity contribution in [1.82, 2.24) is 10.2 Å². The summed E-state index contributed by atoms with van der Waals surface area (Å²) >= 11 is 0. The van der Waals surface area contributed by atoms with Crippen LogP contribution in [0.4, 0.5) is 4.39 Å². The van der Waals surface area contributed by atoms with E-state index in [1.165, 1.54) is 0 Å². The number of hydrogen-bond donors (Lipinski definition) is 2. The minimum Gasteiger partial charge on any atom is -0.462 e. The summed E-state index contributed by atoms with van der Waals surface area (Å²) in [6.07, 6.45) is 0. The molecule has 1 aliphatic heterocycles. The van der Waals surface area contributed by atoms with E-state index in [9.17, 15) is 4.39 Å². The topological polar surface area (TPSA) is 48.6 Å². The van der Waals surface area contributed by atoms with Gasteiger partial charge in [0.2, 0.25) is 0 Å². The number of alkyl halides is 1. The number of halogens is 1. The first-order chi connectivity index (χ1) is 7.85. The minimum atomic E-state index is -0.460. The summed E-state index contributed by atoms with van der Waals surface area (Å²) in [6, 6.07) is 3.13. The Balaban J connectivity index is 2.08. The first-order valence-corrected chi connectivity index (χ1v) is 5.55. The highest BCUT2D eigenvalue weighted by atomic mass is 19.1. The van der Waals surface area contributed by atoms with Gasteiger partial charge in [-0.2, -0.15) is 0 Å². The zero-order valence-corrected chi connectivity index (χ0v) is 9.16. The number of aliphatic hydroxyl groups is 1. The van der Waals surface area contributed by atoms with Gasteiger partial charge in [0.1, 0.15) is 24.8 Å². The molecule has 90 valence electrons. The molecule has 0 bridgehead atoms. The molecule has 0 aromatic carbocycles. The number of piperazine rings is 1. The van der Waals surface area contributed by atoms with Gasteiger partial charge in [-0.3, -0.25) is 4.90 Å². The van der Waals surface area contributed by atoms with Crippen molar-refractivity contribution in [1.29, 1.82) is 0 Å². The molecule has 1 aliphatic rings. The Hall–Kier alpha value is -0.910. The molecule has 0 spiro atoms. The van der Waals surface area contributed by atoms with E-state index in [1.54, 1.807) is 12.1 Å². The minimum absolute atomic E-state index is 0.138. The average Bonchev–Trinajstić information content (AvgIpc) is 2.80. The number of rotatable bonds is 4. The van der Waals surface area contributed by atoms with Crippen molar-refractivity contribution in [3.05, 3.63) is 23.7 Å². The summed E-state index contributed by atoms with van der Waals surface area (Å²) in [5.74, 6) is 1.09. The Kier molecular flexibility index (Phi) is 3.93. The van der Waals surface area contributed by atoms with E-state index in [2.05, 4.69) is 10.2 Å². The van der Waals surface area contributed by atoms with Crippen LogP contribution in [0.1, 0.15) is 17.6 Å². The van der Waals surface area contributed by atoms with Crippen LogP contribution in [0.25, 0.3) is 0 Å².